The zero-order chi connectivity index (χ0) is 23.4. The maximum absolute atomic E-state index is 12.8. The number of esters is 1. The van der Waals surface area contributed by atoms with Gasteiger partial charge in [0.15, 0.2) is 11.0 Å². The van der Waals surface area contributed by atoms with Gasteiger partial charge in [-0.3, -0.25) is 9.36 Å². The van der Waals surface area contributed by atoms with E-state index in [0.717, 1.165) is 47.4 Å². The lowest BCUT2D eigenvalue weighted by Crippen LogP contribution is -2.17. The van der Waals surface area contributed by atoms with Crippen LogP contribution < -0.4 is 5.32 Å². The number of anilines is 1. The third-order valence-corrected chi connectivity index (χ3v) is 7.54. The summed E-state index contributed by atoms with van der Waals surface area (Å²) in [6.07, 6.45) is 7.27. The van der Waals surface area contributed by atoms with Crippen LogP contribution in [0.15, 0.2) is 34.6 Å². The van der Waals surface area contributed by atoms with Crippen LogP contribution in [-0.2, 0) is 28.9 Å². The number of nitrogens with zero attached hydrogens (tertiary/aromatic N) is 3. The number of amides is 1. The number of thioether (sulfide) groups is 1. The number of carbonyl (C=O) groups excluding carboxylic acids is 2. The first kappa shape index (κ1) is 23.3. The largest absolute Gasteiger partial charge is 0.469 e. The Morgan fingerprint density at radius 3 is 2.91 bits per heavy atom. The minimum atomic E-state index is -0.370. The number of aromatic nitrogens is 3. The van der Waals surface area contributed by atoms with Crippen molar-refractivity contribution in [1.82, 2.24) is 14.8 Å². The SMILES string of the molecule is C=CCn1c(SCC(=O)Nc2sc3c(c2C(=O)OCC)CCCC3)nnc1-c1ccoc1C. The van der Waals surface area contributed by atoms with Crippen molar-refractivity contribution >= 4 is 40.0 Å². The van der Waals surface area contributed by atoms with Crippen molar-refractivity contribution in [2.45, 2.75) is 51.2 Å². The summed E-state index contributed by atoms with van der Waals surface area (Å²) in [5.74, 6) is 0.962. The molecule has 0 aliphatic heterocycles. The summed E-state index contributed by atoms with van der Waals surface area (Å²) in [4.78, 5) is 26.6. The first-order chi connectivity index (χ1) is 16.0. The number of fused-ring (bicyclic) bond motifs is 1. The van der Waals surface area contributed by atoms with Crippen LogP contribution in [0.3, 0.4) is 0 Å². The van der Waals surface area contributed by atoms with Gasteiger partial charge in [-0.25, -0.2) is 4.79 Å². The van der Waals surface area contributed by atoms with E-state index in [4.69, 9.17) is 9.15 Å². The van der Waals surface area contributed by atoms with Gasteiger partial charge in [-0.05, 0) is 51.2 Å². The molecule has 8 nitrogen and oxygen atoms in total. The van der Waals surface area contributed by atoms with Crippen molar-refractivity contribution in [2.24, 2.45) is 0 Å². The average Bonchev–Trinajstić information content (AvgIpc) is 3.49. The molecule has 0 aromatic carbocycles. The van der Waals surface area contributed by atoms with E-state index in [1.54, 1.807) is 19.3 Å². The summed E-state index contributed by atoms with van der Waals surface area (Å²) in [7, 11) is 0. The minimum absolute atomic E-state index is 0.129. The molecule has 33 heavy (non-hydrogen) atoms. The summed E-state index contributed by atoms with van der Waals surface area (Å²) < 4.78 is 12.6. The van der Waals surface area contributed by atoms with E-state index in [2.05, 4.69) is 22.1 Å². The predicted octanol–water partition coefficient (Wildman–Crippen LogP) is 4.88. The van der Waals surface area contributed by atoms with Gasteiger partial charge in [0, 0.05) is 11.4 Å². The van der Waals surface area contributed by atoms with Crippen molar-refractivity contribution in [3.05, 3.63) is 46.7 Å². The van der Waals surface area contributed by atoms with Gasteiger partial charge in [-0.2, -0.15) is 0 Å². The molecule has 0 bridgehead atoms. The van der Waals surface area contributed by atoms with Gasteiger partial charge in [-0.15, -0.1) is 28.1 Å². The molecular weight excluding hydrogens is 460 g/mol. The topological polar surface area (TPSA) is 99.2 Å². The fourth-order valence-electron chi connectivity index (χ4n) is 3.87. The van der Waals surface area contributed by atoms with Gasteiger partial charge in [-0.1, -0.05) is 17.8 Å². The molecule has 0 spiro atoms. The average molecular weight is 487 g/mol. The quantitative estimate of drug-likeness (QED) is 0.261. The van der Waals surface area contributed by atoms with Crippen molar-refractivity contribution in [1.29, 1.82) is 0 Å². The number of allylic oxidation sites excluding steroid dienone is 1. The van der Waals surface area contributed by atoms with E-state index in [1.807, 2.05) is 17.6 Å². The maximum Gasteiger partial charge on any atom is 0.341 e. The van der Waals surface area contributed by atoms with E-state index in [1.165, 1.54) is 23.1 Å². The number of ether oxygens (including phenoxy) is 1. The molecule has 1 N–H and O–H groups in total. The Hall–Kier alpha value is -2.85. The summed E-state index contributed by atoms with van der Waals surface area (Å²) in [6, 6.07) is 1.84. The summed E-state index contributed by atoms with van der Waals surface area (Å²) >= 11 is 2.77. The van der Waals surface area contributed by atoms with E-state index < -0.39 is 0 Å². The third kappa shape index (κ3) is 4.91. The highest BCUT2D eigenvalue weighted by atomic mass is 32.2. The van der Waals surface area contributed by atoms with Crippen LogP contribution in [0, 0.1) is 6.92 Å². The summed E-state index contributed by atoms with van der Waals surface area (Å²) in [5, 5.41) is 12.7. The van der Waals surface area contributed by atoms with Gasteiger partial charge < -0.3 is 14.5 Å². The second-order valence-electron chi connectivity index (χ2n) is 7.57. The Labute approximate surface area is 200 Å². The normalized spacial score (nSPS) is 12.9. The highest BCUT2D eigenvalue weighted by Crippen LogP contribution is 2.38. The van der Waals surface area contributed by atoms with Crippen LogP contribution in [0.4, 0.5) is 5.00 Å². The highest BCUT2D eigenvalue weighted by Gasteiger charge is 2.27. The summed E-state index contributed by atoms with van der Waals surface area (Å²) in [6.45, 7) is 8.26. The van der Waals surface area contributed by atoms with Gasteiger partial charge >= 0.3 is 5.97 Å². The highest BCUT2D eigenvalue weighted by molar-refractivity contribution is 7.99. The fraction of sp³-hybridized carbons (Fsp3) is 0.391. The molecule has 10 heteroatoms. The molecule has 0 radical (unpaired) electrons. The standard InChI is InChI=1S/C23H26N4O4S2/c1-4-11-27-20(15-10-12-31-14(15)3)25-26-23(27)32-13-18(28)24-21-19(22(29)30-5-2)16-8-6-7-9-17(16)33-21/h4,10,12H,1,5-9,11,13H2,2-3H3,(H,24,28). The molecule has 3 aromatic heterocycles. The minimum Gasteiger partial charge on any atom is -0.469 e. The summed E-state index contributed by atoms with van der Waals surface area (Å²) in [5.41, 5.74) is 2.39. The molecule has 0 fully saturated rings. The number of nitrogens with one attached hydrogen (secondary N) is 1. The molecule has 0 atom stereocenters. The first-order valence-electron chi connectivity index (χ1n) is 10.9. The van der Waals surface area contributed by atoms with Gasteiger partial charge in [0.1, 0.15) is 10.8 Å². The van der Waals surface area contributed by atoms with Crippen molar-refractivity contribution in [3.8, 4) is 11.4 Å². The Bertz CT molecular complexity index is 1180. The number of hydrogen-bond acceptors (Lipinski definition) is 8. The van der Waals surface area contributed by atoms with E-state index in [9.17, 15) is 9.59 Å². The van der Waals surface area contributed by atoms with E-state index in [0.29, 0.717) is 34.7 Å². The smallest absolute Gasteiger partial charge is 0.341 e. The molecule has 1 amide bonds. The lowest BCUT2D eigenvalue weighted by Gasteiger charge is -2.12. The zero-order valence-corrected chi connectivity index (χ0v) is 20.3. The predicted molar refractivity (Wildman–Crippen MR) is 129 cm³/mol. The van der Waals surface area contributed by atoms with Gasteiger partial charge in [0.25, 0.3) is 0 Å². The molecular formula is C23H26N4O4S2. The van der Waals surface area contributed by atoms with Crippen LogP contribution in [0.2, 0.25) is 0 Å². The van der Waals surface area contributed by atoms with Crippen LogP contribution in [0.1, 0.15) is 46.3 Å². The number of carbonyl (C=O) groups is 2. The van der Waals surface area contributed by atoms with Crippen molar-refractivity contribution < 1.29 is 18.7 Å². The fourth-order valence-corrected chi connectivity index (χ4v) is 5.91. The zero-order valence-electron chi connectivity index (χ0n) is 18.7. The second kappa shape index (κ2) is 10.4. The third-order valence-electron chi connectivity index (χ3n) is 5.36. The number of hydrogen-bond donors (Lipinski definition) is 1. The number of aryl methyl sites for hydroxylation is 2. The molecule has 0 unspecified atom stereocenters. The maximum atomic E-state index is 12.8. The number of furan rings is 1. The molecule has 3 aromatic rings. The molecule has 3 heterocycles. The molecule has 1 aliphatic rings. The Balaban J connectivity index is 1.50. The molecule has 0 saturated carbocycles. The van der Waals surface area contributed by atoms with E-state index in [-0.39, 0.29) is 17.6 Å². The van der Waals surface area contributed by atoms with Crippen LogP contribution >= 0.6 is 23.1 Å². The molecule has 4 rings (SSSR count). The number of rotatable bonds is 9. The Kier molecular flexibility index (Phi) is 7.34. The van der Waals surface area contributed by atoms with Crippen molar-refractivity contribution in [3.63, 3.8) is 0 Å². The monoisotopic (exact) mass is 486 g/mol. The Morgan fingerprint density at radius 2 is 2.18 bits per heavy atom. The second-order valence-corrected chi connectivity index (χ2v) is 9.62. The van der Waals surface area contributed by atoms with E-state index >= 15 is 0 Å². The van der Waals surface area contributed by atoms with Crippen LogP contribution in [-0.4, -0.2) is 39.0 Å². The lowest BCUT2D eigenvalue weighted by molar-refractivity contribution is -0.113. The molecule has 1 aliphatic carbocycles. The Morgan fingerprint density at radius 1 is 1.36 bits per heavy atom. The lowest BCUT2D eigenvalue weighted by atomic mass is 9.95. The number of thiophene rings is 1. The van der Waals surface area contributed by atoms with Crippen LogP contribution in [0.25, 0.3) is 11.4 Å². The van der Waals surface area contributed by atoms with Crippen molar-refractivity contribution in [2.75, 3.05) is 17.7 Å². The van der Waals surface area contributed by atoms with Gasteiger partial charge in [0.2, 0.25) is 5.91 Å². The van der Waals surface area contributed by atoms with Gasteiger partial charge in [0.05, 0.1) is 29.7 Å². The first-order valence-corrected chi connectivity index (χ1v) is 12.7. The van der Waals surface area contributed by atoms with Crippen LogP contribution in [0.5, 0.6) is 0 Å². The molecule has 174 valence electrons. The molecule has 0 saturated heterocycles.